The van der Waals surface area contributed by atoms with E-state index in [9.17, 15) is 9.59 Å². The standard InChI is InChI=1S/C18H27N3O2/c1-14-16-7-4-10-20(16)11-12-21(14)18(23)13-19-17(22)9-8-15-5-2-3-6-15/h4,7,10,14-15H,2-3,5-6,8-9,11-13H2,1H3,(H,19,22)/t14-/m1/s1. The van der Waals surface area contributed by atoms with Crippen LogP contribution in [0.1, 0.15) is 57.2 Å². The minimum absolute atomic E-state index is 0.0123. The predicted molar refractivity (Wildman–Crippen MR) is 88.8 cm³/mol. The Labute approximate surface area is 138 Å². The van der Waals surface area contributed by atoms with E-state index in [0.717, 1.165) is 18.7 Å². The van der Waals surface area contributed by atoms with Crippen molar-refractivity contribution >= 4 is 11.8 Å². The van der Waals surface area contributed by atoms with Gasteiger partial charge in [-0.15, -0.1) is 0 Å². The molecule has 1 N–H and O–H groups in total. The third kappa shape index (κ3) is 3.77. The summed E-state index contributed by atoms with van der Waals surface area (Å²) < 4.78 is 2.19. The summed E-state index contributed by atoms with van der Waals surface area (Å²) in [5.74, 6) is 0.740. The van der Waals surface area contributed by atoms with Gasteiger partial charge in [-0.1, -0.05) is 25.7 Å². The van der Waals surface area contributed by atoms with Crippen LogP contribution in [-0.2, 0) is 16.1 Å². The molecule has 0 radical (unpaired) electrons. The van der Waals surface area contributed by atoms with Crippen LogP contribution in [0.2, 0.25) is 0 Å². The molecule has 2 heterocycles. The molecule has 1 saturated carbocycles. The van der Waals surface area contributed by atoms with Gasteiger partial charge < -0.3 is 14.8 Å². The highest BCUT2D eigenvalue weighted by atomic mass is 16.2. The number of aromatic nitrogens is 1. The molecule has 5 nitrogen and oxygen atoms in total. The zero-order valence-electron chi connectivity index (χ0n) is 14.0. The van der Waals surface area contributed by atoms with Crippen molar-refractivity contribution in [2.75, 3.05) is 13.1 Å². The van der Waals surface area contributed by atoms with Gasteiger partial charge in [0.05, 0.1) is 12.6 Å². The second-order valence-electron chi connectivity index (χ2n) is 6.86. The number of amides is 2. The fourth-order valence-corrected chi connectivity index (χ4v) is 3.92. The van der Waals surface area contributed by atoms with Gasteiger partial charge in [0, 0.05) is 31.4 Å². The first-order valence-electron chi connectivity index (χ1n) is 8.86. The van der Waals surface area contributed by atoms with Gasteiger partial charge in [0.1, 0.15) is 0 Å². The molecule has 1 aliphatic carbocycles. The van der Waals surface area contributed by atoms with Crippen LogP contribution in [0.4, 0.5) is 0 Å². The van der Waals surface area contributed by atoms with E-state index in [1.165, 1.54) is 25.7 Å². The summed E-state index contributed by atoms with van der Waals surface area (Å²) in [4.78, 5) is 26.2. The van der Waals surface area contributed by atoms with E-state index in [0.29, 0.717) is 18.9 Å². The number of rotatable bonds is 5. The first-order valence-corrected chi connectivity index (χ1v) is 8.86. The van der Waals surface area contributed by atoms with Gasteiger partial charge in [-0.2, -0.15) is 0 Å². The minimum Gasteiger partial charge on any atom is -0.348 e. The second kappa shape index (κ2) is 7.20. The van der Waals surface area contributed by atoms with Gasteiger partial charge in [0.2, 0.25) is 11.8 Å². The van der Waals surface area contributed by atoms with Crippen LogP contribution in [0.3, 0.4) is 0 Å². The van der Waals surface area contributed by atoms with E-state index in [1.54, 1.807) is 0 Å². The summed E-state index contributed by atoms with van der Waals surface area (Å²) in [6, 6.07) is 4.15. The quantitative estimate of drug-likeness (QED) is 0.907. The SMILES string of the molecule is C[C@@H]1c2cccn2CCN1C(=O)CNC(=O)CCC1CCCC1. The summed E-state index contributed by atoms with van der Waals surface area (Å²) in [5.41, 5.74) is 1.16. The number of carbonyl (C=O) groups excluding carboxylic acids is 2. The van der Waals surface area contributed by atoms with Crippen molar-refractivity contribution in [1.29, 1.82) is 0 Å². The Balaban J connectivity index is 1.43. The maximum atomic E-state index is 12.4. The Bertz CT molecular complexity index is 560. The van der Waals surface area contributed by atoms with Crippen molar-refractivity contribution in [2.24, 2.45) is 5.92 Å². The molecule has 1 atom stereocenters. The summed E-state index contributed by atoms with van der Waals surface area (Å²) in [7, 11) is 0. The van der Waals surface area contributed by atoms with Gasteiger partial charge in [-0.25, -0.2) is 0 Å². The Morgan fingerprint density at radius 3 is 2.83 bits per heavy atom. The lowest BCUT2D eigenvalue weighted by Crippen LogP contribution is -2.45. The molecule has 2 aliphatic rings. The van der Waals surface area contributed by atoms with Crippen molar-refractivity contribution in [3.63, 3.8) is 0 Å². The highest BCUT2D eigenvalue weighted by Gasteiger charge is 2.27. The normalized spacial score (nSPS) is 21.3. The third-order valence-electron chi connectivity index (χ3n) is 5.35. The summed E-state index contributed by atoms with van der Waals surface area (Å²) in [5, 5.41) is 2.81. The highest BCUT2D eigenvalue weighted by Crippen LogP contribution is 2.28. The largest absolute Gasteiger partial charge is 0.348 e. The zero-order chi connectivity index (χ0) is 16.2. The molecule has 1 aromatic rings. The van der Waals surface area contributed by atoms with Crippen molar-refractivity contribution < 1.29 is 9.59 Å². The molecule has 126 valence electrons. The molecule has 1 aliphatic heterocycles. The van der Waals surface area contributed by atoms with Gasteiger partial charge >= 0.3 is 0 Å². The molecule has 0 saturated heterocycles. The van der Waals surface area contributed by atoms with Gasteiger partial charge in [0.25, 0.3) is 0 Å². The molecule has 0 bridgehead atoms. The monoisotopic (exact) mass is 317 g/mol. The smallest absolute Gasteiger partial charge is 0.242 e. The molecule has 1 aromatic heterocycles. The van der Waals surface area contributed by atoms with Crippen molar-refractivity contribution in [3.05, 3.63) is 24.0 Å². The van der Waals surface area contributed by atoms with E-state index in [4.69, 9.17) is 0 Å². The average Bonchev–Trinajstić information content (AvgIpc) is 3.22. The number of hydrogen-bond acceptors (Lipinski definition) is 2. The Morgan fingerprint density at radius 1 is 1.26 bits per heavy atom. The van der Waals surface area contributed by atoms with Crippen molar-refractivity contribution in [2.45, 2.75) is 58.0 Å². The van der Waals surface area contributed by atoms with Gasteiger partial charge in [-0.3, -0.25) is 9.59 Å². The molecule has 0 aromatic carbocycles. The van der Waals surface area contributed by atoms with E-state index in [-0.39, 0.29) is 24.4 Å². The topological polar surface area (TPSA) is 54.3 Å². The van der Waals surface area contributed by atoms with Crippen LogP contribution in [0.5, 0.6) is 0 Å². The number of nitrogens with one attached hydrogen (secondary N) is 1. The molecule has 23 heavy (non-hydrogen) atoms. The molecule has 3 rings (SSSR count). The number of carbonyl (C=O) groups is 2. The molecule has 2 amide bonds. The van der Waals surface area contributed by atoms with Crippen LogP contribution >= 0.6 is 0 Å². The maximum Gasteiger partial charge on any atom is 0.242 e. The maximum absolute atomic E-state index is 12.4. The Morgan fingerprint density at radius 2 is 2.04 bits per heavy atom. The molecule has 1 fully saturated rings. The number of hydrogen-bond donors (Lipinski definition) is 1. The Hall–Kier alpha value is -1.78. The van der Waals surface area contributed by atoms with Crippen LogP contribution in [0, 0.1) is 5.92 Å². The van der Waals surface area contributed by atoms with E-state index < -0.39 is 0 Å². The molecular formula is C18H27N3O2. The fraction of sp³-hybridized carbons (Fsp3) is 0.667. The molecular weight excluding hydrogens is 290 g/mol. The molecule has 5 heteroatoms. The van der Waals surface area contributed by atoms with Crippen molar-refractivity contribution in [3.8, 4) is 0 Å². The number of fused-ring (bicyclic) bond motifs is 1. The fourth-order valence-electron chi connectivity index (χ4n) is 3.92. The first kappa shape index (κ1) is 16.1. The highest BCUT2D eigenvalue weighted by molar-refractivity contribution is 5.85. The summed E-state index contributed by atoms with van der Waals surface area (Å²) in [6.07, 6.45) is 8.70. The molecule has 0 unspecified atom stereocenters. The van der Waals surface area contributed by atoms with E-state index in [2.05, 4.69) is 22.1 Å². The van der Waals surface area contributed by atoms with Crippen LogP contribution in [-0.4, -0.2) is 34.4 Å². The zero-order valence-corrected chi connectivity index (χ0v) is 14.0. The molecule has 0 spiro atoms. The van der Waals surface area contributed by atoms with Crippen molar-refractivity contribution in [1.82, 2.24) is 14.8 Å². The summed E-state index contributed by atoms with van der Waals surface area (Å²) in [6.45, 7) is 3.70. The second-order valence-corrected chi connectivity index (χ2v) is 6.86. The van der Waals surface area contributed by atoms with E-state index >= 15 is 0 Å². The van der Waals surface area contributed by atoms with Gasteiger partial charge in [0.15, 0.2) is 0 Å². The van der Waals surface area contributed by atoms with Crippen LogP contribution in [0.25, 0.3) is 0 Å². The number of nitrogens with zero attached hydrogens (tertiary/aromatic N) is 2. The van der Waals surface area contributed by atoms with Crippen LogP contribution < -0.4 is 5.32 Å². The first-order chi connectivity index (χ1) is 11.1. The predicted octanol–water partition coefficient (Wildman–Crippen LogP) is 2.48. The minimum atomic E-state index is 0.0123. The third-order valence-corrected chi connectivity index (χ3v) is 5.35. The lowest BCUT2D eigenvalue weighted by Gasteiger charge is -2.35. The average molecular weight is 317 g/mol. The lowest BCUT2D eigenvalue weighted by molar-refractivity contribution is -0.135. The van der Waals surface area contributed by atoms with Gasteiger partial charge in [-0.05, 0) is 31.4 Å². The van der Waals surface area contributed by atoms with Crippen LogP contribution in [0.15, 0.2) is 18.3 Å². The summed E-state index contributed by atoms with van der Waals surface area (Å²) >= 11 is 0. The lowest BCUT2D eigenvalue weighted by atomic mass is 10.0. The van der Waals surface area contributed by atoms with E-state index in [1.807, 2.05) is 17.9 Å². The Kier molecular flexibility index (Phi) is 5.03.